The molecule has 0 saturated heterocycles. The fourth-order valence-electron chi connectivity index (χ4n) is 3.44. The number of ether oxygens (including phenoxy) is 1. The van der Waals surface area contributed by atoms with Gasteiger partial charge in [0.15, 0.2) is 5.75 Å². The second-order valence-electron chi connectivity index (χ2n) is 7.04. The summed E-state index contributed by atoms with van der Waals surface area (Å²) in [5.41, 5.74) is 0.363. The van der Waals surface area contributed by atoms with Crippen LogP contribution in [0.1, 0.15) is 51.3 Å². The zero-order valence-corrected chi connectivity index (χ0v) is 16.8. The maximum absolute atomic E-state index is 13.2. The Bertz CT molecular complexity index is 997. The maximum Gasteiger partial charge on any atom is 0.341 e. The van der Waals surface area contributed by atoms with E-state index in [1.807, 2.05) is 6.92 Å². The first-order valence-corrected chi connectivity index (χ1v) is 9.49. The number of carbonyl (C=O) groups is 4. The molecule has 8 heteroatoms. The van der Waals surface area contributed by atoms with Gasteiger partial charge in [-0.15, -0.1) is 0 Å². The summed E-state index contributed by atoms with van der Waals surface area (Å²) in [6.45, 7) is 3.61. The third-order valence-corrected chi connectivity index (χ3v) is 5.25. The molecule has 2 aromatic carbocycles. The fraction of sp³-hybridized carbons (Fsp3) is 0.273. The molecule has 0 spiro atoms. The number of fused-ring (bicyclic) bond motifs is 1. The van der Waals surface area contributed by atoms with Crippen LogP contribution >= 0.6 is 0 Å². The number of nitrogens with zero attached hydrogens (tertiary/aromatic N) is 1. The molecule has 0 fully saturated rings. The highest BCUT2D eigenvalue weighted by atomic mass is 16.5. The Morgan fingerprint density at radius 3 is 2.20 bits per heavy atom. The number of nitrogens with one attached hydrogen (secondary N) is 1. The van der Waals surface area contributed by atoms with E-state index < -0.39 is 35.5 Å². The zero-order valence-electron chi connectivity index (χ0n) is 16.8. The summed E-state index contributed by atoms with van der Waals surface area (Å²) in [4.78, 5) is 51.7. The molecule has 0 bridgehead atoms. The van der Waals surface area contributed by atoms with Crippen LogP contribution in [0.4, 0.5) is 5.69 Å². The summed E-state index contributed by atoms with van der Waals surface area (Å²) in [5.74, 6) is -3.29. The standard InChI is InChI=1S/C22H22N2O6/c1-4-12(2)17(24-20(27)13-8-5-6-9-14(13)21(24)28)19(26)23-16-11-7-10-15(18(16)25)22(29)30-3/h5-12,17,25H,4H2,1-3H3,(H,23,26). The Morgan fingerprint density at radius 1 is 1.07 bits per heavy atom. The van der Waals surface area contributed by atoms with Crippen LogP contribution in [0.5, 0.6) is 5.75 Å². The van der Waals surface area contributed by atoms with E-state index in [2.05, 4.69) is 10.1 Å². The topological polar surface area (TPSA) is 113 Å². The number of aromatic hydroxyl groups is 1. The normalized spacial score (nSPS) is 14.8. The van der Waals surface area contributed by atoms with Crippen LogP contribution < -0.4 is 5.32 Å². The Balaban J connectivity index is 1.95. The average molecular weight is 410 g/mol. The number of imide groups is 1. The lowest BCUT2D eigenvalue weighted by molar-refractivity contribution is -0.121. The van der Waals surface area contributed by atoms with Crippen molar-refractivity contribution < 1.29 is 29.0 Å². The van der Waals surface area contributed by atoms with Crippen molar-refractivity contribution in [3.8, 4) is 5.75 Å². The molecule has 8 nitrogen and oxygen atoms in total. The number of methoxy groups -OCH3 is 1. The van der Waals surface area contributed by atoms with Gasteiger partial charge in [-0.25, -0.2) is 4.79 Å². The minimum atomic E-state index is -1.09. The first-order chi connectivity index (χ1) is 14.3. The van der Waals surface area contributed by atoms with Crippen LogP contribution in [0.25, 0.3) is 0 Å². The van der Waals surface area contributed by atoms with Crippen molar-refractivity contribution in [2.75, 3.05) is 12.4 Å². The van der Waals surface area contributed by atoms with Crippen LogP contribution in [0.2, 0.25) is 0 Å². The molecule has 3 amide bonds. The molecule has 0 aliphatic carbocycles. The van der Waals surface area contributed by atoms with E-state index in [4.69, 9.17) is 0 Å². The summed E-state index contributed by atoms with van der Waals surface area (Å²) in [7, 11) is 1.17. The van der Waals surface area contributed by atoms with E-state index in [1.165, 1.54) is 25.3 Å². The lowest BCUT2D eigenvalue weighted by Gasteiger charge is -2.29. The molecule has 0 aromatic heterocycles. The second-order valence-corrected chi connectivity index (χ2v) is 7.04. The van der Waals surface area contributed by atoms with Gasteiger partial charge in [0.1, 0.15) is 11.6 Å². The third-order valence-electron chi connectivity index (χ3n) is 5.25. The summed E-state index contributed by atoms with van der Waals surface area (Å²) >= 11 is 0. The molecule has 2 N–H and O–H groups in total. The maximum atomic E-state index is 13.2. The van der Waals surface area contributed by atoms with E-state index in [9.17, 15) is 24.3 Å². The van der Waals surface area contributed by atoms with Gasteiger partial charge in [0.25, 0.3) is 11.8 Å². The third kappa shape index (κ3) is 3.52. The van der Waals surface area contributed by atoms with Crippen LogP contribution in [0.15, 0.2) is 42.5 Å². The molecule has 3 rings (SSSR count). The number of phenols is 1. The van der Waals surface area contributed by atoms with E-state index in [1.54, 1.807) is 31.2 Å². The first kappa shape index (κ1) is 21.0. The minimum absolute atomic E-state index is 0.0205. The number of carbonyl (C=O) groups excluding carboxylic acids is 4. The summed E-state index contributed by atoms with van der Waals surface area (Å²) in [5, 5.41) is 12.9. The zero-order chi connectivity index (χ0) is 22.0. The van der Waals surface area contributed by atoms with E-state index in [0.717, 1.165) is 4.90 Å². The fourth-order valence-corrected chi connectivity index (χ4v) is 3.44. The van der Waals surface area contributed by atoms with E-state index >= 15 is 0 Å². The number of benzene rings is 2. The van der Waals surface area contributed by atoms with Crippen molar-refractivity contribution in [3.63, 3.8) is 0 Å². The van der Waals surface area contributed by atoms with Gasteiger partial charge in [-0.2, -0.15) is 0 Å². The van der Waals surface area contributed by atoms with Crippen molar-refractivity contribution in [2.24, 2.45) is 5.92 Å². The minimum Gasteiger partial charge on any atom is -0.505 e. The highest BCUT2D eigenvalue weighted by Gasteiger charge is 2.44. The van der Waals surface area contributed by atoms with E-state index in [-0.39, 0.29) is 28.3 Å². The average Bonchev–Trinajstić information content (AvgIpc) is 3.00. The van der Waals surface area contributed by atoms with Gasteiger partial charge in [0.05, 0.1) is 23.9 Å². The van der Waals surface area contributed by atoms with Gasteiger partial charge in [-0.05, 0) is 30.2 Å². The number of hydrogen-bond acceptors (Lipinski definition) is 6. The molecule has 2 atom stereocenters. The van der Waals surface area contributed by atoms with Gasteiger partial charge in [0.2, 0.25) is 5.91 Å². The van der Waals surface area contributed by atoms with E-state index in [0.29, 0.717) is 6.42 Å². The quantitative estimate of drug-likeness (QED) is 0.430. The van der Waals surface area contributed by atoms with Crippen molar-refractivity contribution >= 4 is 29.4 Å². The molecule has 2 unspecified atom stereocenters. The van der Waals surface area contributed by atoms with Gasteiger partial charge in [-0.3, -0.25) is 19.3 Å². The highest BCUT2D eigenvalue weighted by molar-refractivity contribution is 6.23. The molecular formula is C22H22N2O6. The molecule has 156 valence electrons. The summed E-state index contributed by atoms with van der Waals surface area (Å²) in [6, 6.07) is 9.55. The number of rotatable bonds is 6. The van der Waals surface area contributed by atoms with Crippen LogP contribution in [0, 0.1) is 5.92 Å². The number of esters is 1. The van der Waals surface area contributed by atoms with Crippen molar-refractivity contribution in [2.45, 2.75) is 26.3 Å². The molecule has 30 heavy (non-hydrogen) atoms. The Kier molecular flexibility index (Phi) is 5.86. The predicted molar refractivity (Wildman–Crippen MR) is 108 cm³/mol. The Labute approximate surface area is 173 Å². The van der Waals surface area contributed by atoms with Gasteiger partial charge < -0.3 is 15.2 Å². The first-order valence-electron chi connectivity index (χ1n) is 9.49. The number of phenolic OH excluding ortho intramolecular Hbond substituents is 1. The lowest BCUT2D eigenvalue weighted by Crippen LogP contribution is -2.50. The van der Waals surface area contributed by atoms with Crippen LogP contribution in [-0.4, -0.2) is 46.8 Å². The number of amides is 3. The molecule has 1 aliphatic heterocycles. The highest BCUT2D eigenvalue weighted by Crippen LogP contribution is 2.31. The molecule has 1 aliphatic rings. The largest absolute Gasteiger partial charge is 0.505 e. The molecule has 1 heterocycles. The Hall–Kier alpha value is -3.68. The van der Waals surface area contributed by atoms with Gasteiger partial charge in [-0.1, -0.05) is 38.5 Å². The van der Waals surface area contributed by atoms with Gasteiger partial charge >= 0.3 is 5.97 Å². The number of hydrogen-bond donors (Lipinski definition) is 2. The molecule has 0 radical (unpaired) electrons. The van der Waals surface area contributed by atoms with Crippen LogP contribution in [-0.2, 0) is 9.53 Å². The molecule has 2 aromatic rings. The monoisotopic (exact) mass is 410 g/mol. The SMILES string of the molecule is CCC(C)C(C(=O)Nc1cccc(C(=O)OC)c1O)N1C(=O)c2ccccc2C1=O. The predicted octanol–water partition coefficient (Wildman–Crippen LogP) is 2.83. The van der Waals surface area contributed by atoms with Crippen molar-refractivity contribution in [1.29, 1.82) is 0 Å². The Morgan fingerprint density at radius 2 is 1.67 bits per heavy atom. The van der Waals surface area contributed by atoms with Crippen LogP contribution in [0.3, 0.4) is 0 Å². The van der Waals surface area contributed by atoms with Crippen molar-refractivity contribution in [3.05, 3.63) is 59.2 Å². The summed E-state index contributed by atoms with van der Waals surface area (Å²) in [6.07, 6.45) is 0.527. The van der Waals surface area contributed by atoms with Crippen molar-refractivity contribution in [1.82, 2.24) is 4.90 Å². The smallest absolute Gasteiger partial charge is 0.341 e. The number of para-hydroxylation sites is 1. The second kappa shape index (κ2) is 8.36. The summed E-state index contributed by atoms with van der Waals surface area (Å²) < 4.78 is 4.62. The lowest BCUT2D eigenvalue weighted by atomic mass is 9.96. The molecular weight excluding hydrogens is 388 g/mol. The molecule has 0 saturated carbocycles. The number of anilines is 1. The van der Waals surface area contributed by atoms with Gasteiger partial charge in [0, 0.05) is 0 Å².